The summed E-state index contributed by atoms with van der Waals surface area (Å²) in [5, 5.41) is 5.98. The van der Waals surface area contributed by atoms with E-state index in [-0.39, 0.29) is 24.1 Å². The average Bonchev–Trinajstić information content (AvgIpc) is 2.79. The van der Waals surface area contributed by atoms with Crippen LogP contribution in [0.15, 0.2) is 24.3 Å². The number of rotatable bonds is 4. The molecule has 0 aromatic heterocycles. The van der Waals surface area contributed by atoms with Crippen molar-refractivity contribution in [3.63, 3.8) is 0 Å². The zero-order valence-corrected chi connectivity index (χ0v) is 10.9. The molecule has 0 aliphatic carbocycles. The third-order valence-electron chi connectivity index (χ3n) is 3.05. The summed E-state index contributed by atoms with van der Waals surface area (Å²) in [7, 11) is 0. The molecule has 0 radical (unpaired) electrons. The Balaban J connectivity index is 0.00000162. The lowest BCUT2D eigenvalue weighted by atomic mass is 10.0. The number of carbonyl (C=O) groups excluding carboxylic acids is 1. The maximum absolute atomic E-state index is 12.9. The monoisotopic (exact) mass is 272 g/mol. The Morgan fingerprint density at radius 3 is 3.00 bits per heavy atom. The van der Waals surface area contributed by atoms with E-state index < -0.39 is 0 Å². The second-order valence-corrected chi connectivity index (χ2v) is 4.46. The molecule has 1 saturated heterocycles. The summed E-state index contributed by atoms with van der Waals surface area (Å²) >= 11 is 0. The SMILES string of the molecule is Cl.O=C(CCC1CCNC1)Nc1cccc(F)c1. The second-order valence-electron chi connectivity index (χ2n) is 4.46. The van der Waals surface area contributed by atoms with E-state index in [0.29, 0.717) is 18.0 Å². The Kier molecular flexibility index (Phi) is 6.09. The van der Waals surface area contributed by atoms with Crippen LogP contribution >= 0.6 is 12.4 Å². The van der Waals surface area contributed by atoms with E-state index in [1.807, 2.05) is 0 Å². The lowest BCUT2D eigenvalue weighted by Crippen LogP contribution is -2.15. The maximum atomic E-state index is 12.9. The summed E-state index contributed by atoms with van der Waals surface area (Å²) in [5.74, 6) is 0.235. The van der Waals surface area contributed by atoms with Crippen molar-refractivity contribution in [3.05, 3.63) is 30.1 Å². The van der Waals surface area contributed by atoms with Gasteiger partial charge in [-0.3, -0.25) is 4.79 Å². The summed E-state index contributed by atoms with van der Waals surface area (Å²) in [4.78, 5) is 11.6. The highest BCUT2D eigenvalue weighted by Gasteiger charge is 2.15. The van der Waals surface area contributed by atoms with Crippen LogP contribution in [0.3, 0.4) is 0 Å². The van der Waals surface area contributed by atoms with Gasteiger partial charge in [0.15, 0.2) is 0 Å². The molecule has 5 heteroatoms. The minimum Gasteiger partial charge on any atom is -0.326 e. The molecule has 2 N–H and O–H groups in total. The second kappa shape index (κ2) is 7.34. The van der Waals surface area contributed by atoms with Crippen LogP contribution in [-0.4, -0.2) is 19.0 Å². The van der Waals surface area contributed by atoms with Crippen molar-refractivity contribution in [1.82, 2.24) is 5.32 Å². The van der Waals surface area contributed by atoms with Crippen LogP contribution in [0.2, 0.25) is 0 Å². The van der Waals surface area contributed by atoms with Crippen molar-refractivity contribution in [2.75, 3.05) is 18.4 Å². The van der Waals surface area contributed by atoms with Gasteiger partial charge < -0.3 is 10.6 Å². The van der Waals surface area contributed by atoms with Crippen molar-refractivity contribution < 1.29 is 9.18 Å². The number of amides is 1. The van der Waals surface area contributed by atoms with E-state index in [1.54, 1.807) is 12.1 Å². The Bertz CT molecular complexity index is 394. The molecule has 1 unspecified atom stereocenters. The maximum Gasteiger partial charge on any atom is 0.224 e. The number of anilines is 1. The third-order valence-corrected chi connectivity index (χ3v) is 3.05. The largest absolute Gasteiger partial charge is 0.326 e. The third kappa shape index (κ3) is 4.63. The molecule has 100 valence electrons. The van der Waals surface area contributed by atoms with Gasteiger partial charge in [0, 0.05) is 12.1 Å². The first-order chi connectivity index (χ1) is 8.24. The van der Waals surface area contributed by atoms with Crippen molar-refractivity contribution in [2.45, 2.75) is 19.3 Å². The number of carbonyl (C=O) groups is 1. The van der Waals surface area contributed by atoms with Crippen molar-refractivity contribution in [1.29, 1.82) is 0 Å². The smallest absolute Gasteiger partial charge is 0.224 e. The zero-order valence-electron chi connectivity index (χ0n) is 10.1. The molecule has 1 fully saturated rings. The van der Waals surface area contributed by atoms with E-state index in [1.165, 1.54) is 12.1 Å². The first-order valence-electron chi connectivity index (χ1n) is 6.00. The van der Waals surface area contributed by atoms with Crippen LogP contribution < -0.4 is 10.6 Å². The van der Waals surface area contributed by atoms with Crippen LogP contribution in [-0.2, 0) is 4.79 Å². The molecule has 1 heterocycles. The summed E-state index contributed by atoms with van der Waals surface area (Å²) < 4.78 is 12.9. The molecule has 1 atom stereocenters. The van der Waals surface area contributed by atoms with Gasteiger partial charge in [-0.2, -0.15) is 0 Å². The fraction of sp³-hybridized carbons (Fsp3) is 0.462. The van der Waals surface area contributed by atoms with Gasteiger partial charge in [-0.25, -0.2) is 4.39 Å². The first-order valence-corrected chi connectivity index (χ1v) is 6.00. The molecule has 18 heavy (non-hydrogen) atoms. The highest BCUT2D eigenvalue weighted by molar-refractivity contribution is 5.90. The van der Waals surface area contributed by atoms with Crippen LogP contribution in [0.4, 0.5) is 10.1 Å². The van der Waals surface area contributed by atoms with Crippen LogP contribution in [0.1, 0.15) is 19.3 Å². The van der Waals surface area contributed by atoms with Crippen molar-refractivity contribution in [3.8, 4) is 0 Å². The number of hydrogen-bond donors (Lipinski definition) is 2. The van der Waals surface area contributed by atoms with E-state index >= 15 is 0 Å². The number of nitrogens with one attached hydrogen (secondary N) is 2. The van der Waals surface area contributed by atoms with Crippen LogP contribution in [0.25, 0.3) is 0 Å². The Labute approximate surface area is 113 Å². The predicted molar refractivity (Wildman–Crippen MR) is 72.5 cm³/mol. The molecule has 1 aromatic carbocycles. The fourth-order valence-corrected chi connectivity index (χ4v) is 2.09. The summed E-state index contributed by atoms with van der Waals surface area (Å²) in [6.07, 6.45) is 2.55. The quantitative estimate of drug-likeness (QED) is 0.885. The van der Waals surface area contributed by atoms with Gasteiger partial charge in [-0.15, -0.1) is 12.4 Å². The lowest BCUT2D eigenvalue weighted by molar-refractivity contribution is -0.116. The van der Waals surface area contributed by atoms with Crippen LogP contribution in [0, 0.1) is 11.7 Å². The minimum absolute atomic E-state index is 0. The highest BCUT2D eigenvalue weighted by Crippen LogP contribution is 2.15. The molecule has 1 aliphatic rings. The Hall–Kier alpha value is -1.13. The van der Waals surface area contributed by atoms with E-state index in [4.69, 9.17) is 0 Å². The summed E-state index contributed by atoms with van der Waals surface area (Å²) in [5.41, 5.74) is 0.527. The van der Waals surface area contributed by atoms with Gasteiger partial charge in [0.1, 0.15) is 5.82 Å². The zero-order chi connectivity index (χ0) is 12.1. The number of benzene rings is 1. The lowest BCUT2D eigenvalue weighted by Gasteiger charge is -2.08. The molecule has 1 aromatic rings. The van der Waals surface area contributed by atoms with Gasteiger partial charge in [-0.05, 0) is 50.0 Å². The van der Waals surface area contributed by atoms with E-state index in [9.17, 15) is 9.18 Å². The average molecular weight is 273 g/mol. The predicted octanol–water partition coefficient (Wildman–Crippen LogP) is 2.58. The van der Waals surface area contributed by atoms with Crippen molar-refractivity contribution >= 4 is 24.0 Å². The molecule has 2 rings (SSSR count). The number of halogens is 2. The van der Waals surface area contributed by atoms with E-state index in [0.717, 1.165) is 25.9 Å². The first kappa shape index (κ1) is 14.9. The molecule has 1 amide bonds. The van der Waals surface area contributed by atoms with Gasteiger partial charge >= 0.3 is 0 Å². The summed E-state index contributed by atoms with van der Waals surface area (Å²) in [6, 6.07) is 5.97. The normalized spacial score (nSPS) is 18.2. The molecular formula is C13H18ClFN2O. The van der Waals surface area contributed by atoms with Crippen LogP contribution in [0.5, 0.6) is 0 Å². The topological polar surface area (TPSA) is 41.1 Å². The van der Waals surface area contributed by atoms with Gasteiger partial charge in [0.05, 0.1) is 0 Å². The van der Waals surface area contributed by atoms with Gasteiger partial charge in [0.2, 0.25) is 5.91 Å². The van der Waals surface area contributed by atoms with E-state index in [2.05, 4.69) is 10.6 Å². The molecule has 0 saturated carbocycles. The Morgan fingerprint density at radius 2 is 2.33 bits per heavy atom. The van der Waals surface area contributed by atoms with Gasteiger partial charge in [-0.1, -0.05) is 6.07 Å². The number of hydrogen-bond acceptors (Lipinski definition) is 2. The molecule has 0 bridgehead atoms. The molecule has 3 nitrogen and oxygen atoms in total. The standard InChI is InChI=1S/C13H17FN2O.ClH/c14-11-2-1-3-12(8-11)16-13(17)5-4-10-6-7-15-9-10;/h1-3,8,10,15H,4-7,9H2,(H,16,17);1H. The molecule has 0 spiro atoms. The highest BCUT2D eigenvalue weighted by atomic mass is 35.5. The fourth-order valence-electron chi connectivity index (χ4n) is 2.09. The molecule has 1 aliphatic heterocycles. The molecular weight excluding hydrogens is 255 g/mol. The van der Waals surface area contributed by atoms with Crippen molar-refractivity contribution in [2.24, 2.45) is 5.92 Å². The summed E-state index contributed by atoms with van der Waals surface area (Å²) in [6.45, 7) is 2.06. The Morgan fingerprint density at radius 1 is 1.50 bits per heavy atom. The minimum atomic E-state index is -0.331. The van der Waals surface area contributed by atoms with Gasteiger partial charge in [0.25, 0.3) is 0 Å².